The van der Waals surface area contributed by atoms with E-state index < -0.39 is 0 Å². The van der Waals surface area contributed by atoms with Gasteiger partial charge < -0.3 is 19.3 Å². The van der Waals surface area contributed by atoms with Crippen LogP contribution < -0.4 is 19.9 Å². The lowest BCUT2D eigenvalue weighted by Crippen LogP contribution is -2.38. The molecule has 5 rings (SSSR count). The molecule has 7 nitrogen and oxygen atoms in total. The highest BCUT2D eigenvalue weighted by Gasteiger charge is 2.23. The molecule has 2 fully saturated rings. The van der Waals surface area contributed by atoms with E-state index in [0.29, 0.717) is 22.8 Å². The molecule has 0 unspecified atom stereocenters. The molecule has 2 aliphatic heterocycles. The van der Waals surface area contributed by atoms with Gasteiger partial charge in [-0.2, -0.15) is 0 Å². The van der Waals surface area contributed by atoms with Crippen molar-refractivity contribution in [2.75, 3.05) is 51.8 Å². The number of anilines is 1. The van der Waals surface area contributed by atoms with E-state index in [1.165, 1.54) is 45.3 Å². The predicted molar refractivity (Wildman–Crippen MR) is 131 cm³/mol. The van der Waals surface area contributed by atoms with Gasteiger partial charge in [-0.3, -0.25) is 9.20 Å². The number of aromatic nitrogens is 2. The Morgan fingerprint density at radius 1 is 0.939 bits per heavy atom. The van der Waals surface area contributed by atoms with E-state index in [1.807, 2.05) is 30.5 Å². The van der Waals surface area contributed by atoms with Crippen LogP contribution in [0.25, 0.3) is 16.9 Å². The van der Waals surface area contributed by atoms with Gasteiger partial charge in [0.15, 0.2) is 11.5 Å². The monoisotopic (exact) mass is 448 g/mol. The molecule has 0 N–H and O–H groups in total. The number of piperidine rings is 1. The van der Waals surface area contributed by atoms with E-state index in [9.17, 15) is 4.79 Å². The fourth-order valence-corrected chi connectivity index (χ4v) is 5.13. The molecule has 0 radical (unpaired) electrons. The summed E-state index contributed by atoms with van der Waals surface area (Å²) in [5.41, 5.74) is 3.08. The quantitative estimate of drug-likeness (QED) is 0.573. The second-order valence-electron chi connectivity index (χ2n) is 9.10. The maximum Gasteiger partial charge on any atom is 0.258 e. The first kappa shape index (κ1) is 21.8. The molecule has 2 aromatic heterocycles. The minimum absolute atomic E-state index is 0.0874. The SMILES string of the molecule is COc1ccc(-c2cc(=O)n3cc(N4CCC(CN5CCCC5)CC4)ccc3n2)cc1OC. The van der Waals surface area contributed by atoms with Crippen LogP contribution in [0.2, 0.25) is 0 Å². The van der Waals surface area contributed by atoms with Gasteiger partial charge in [0, 0.05) is 37.5 Å². The molecule has 7 heteroatoms. The summed E-state index contributed by atoms with van der Waals surface area (Å²) in [6, 6.07) is 11.2. The first-order chi connectivity index (χ1) is 16.1. The maximum absolute atomic E-state index is 13.0. The van der Waals surface area contributed by atoms with E-state index in [-0.39, 0.29) is 5.56 Å². The zero-order chi connectivity index (χ0) is 22.8. The van der Waals surface area contributed by atoms with Crippen LogP contribution in [-0.2, 0) is 0 Å². The van der Waals surface area contributed by atoms with Crippen LogP contribution in [0.3, 0.4) is 0 Å². The van der Waals surface area contributed by atoms with Gasteiger partial charge in [-0.05, 0) is 75.0 Å². The Morgan fingerprint density at radius 3 is 2.42 bits per heavy atom. The second-order valence-corrected chi connectivity index (χ2v) is 9.10. The average molecular weight is 449 g/mol. The van der Waals surface area contributed by atoms with Crippen molar-refractivity contribution in [1.82, 2.24) is 14.3 Å². The number of methoxy groups -OCH3 is 2. The summed E-state index contributed by atoms with van der Waals surface area (Å²) < 4.78 is 12.4. The largest absolute Gasteiger partial charge is 0.493 e. The van der Waals surface area contributed by atoms with E-state index in [0.717, 1.165) is 30.3 Å². The summed E-state index contributed by atoms with van der Waals surface area (Å²) >= 11 is 0. The summed E-state index contributed by atoms with van der Waals surface area (Å²) in [7, 11) is 3.20. The smallest absolute Gasteiger partial charge is 0.258 e. The van der Waals surface area contributed by atoms with Crippen LogP contribution in [0, 0.1) is 5.92 Å². The summed E-state index contributed by atoms with van der Waals surface area (Å²) in [6.07, 6.45) is 7.06. The summed E-state index contributed by atoms with van der Waals surface area (Å²) in [6.45, 7) is 5.86. The first-order valence-electron chi connectivity index (χ1n) is 11.9. The normalized spacial score (nSPS) is 17.6. The standard InChI is InChI=1S/C26H32N4O3/c1-32-23-7-5-20(15-24(23)33-2)22-16-26(31)30-18-21(6-8-25(30)27-22)29-13-9-19(10-14-29)17-28-11-3-4-12-28/h5-8,15-16,18-19H,3-4,9-14,17H2,1-2H3. The Kier molecular flexibility index (Phi) is 6.22. The second kappa shape index (κ2) is 9.43. The van der Waals surface area contributed by atoms with Crippen LogP contribution in [0.1, 0.15) is 25.7 Å². The van der Waals surface area contributed by atoms with Crippen LogP contribution in [0.15, 0.2) is 47.4 Å². The summed E-state index contributed by atoms with van der Waals surface area (Å²) in [4.78, 5) is 22.7. The van der Waals surface area contributed by atoms with Gasteiger partial charge in [-0.15, -0.1) is 0 Å². The molecular weight excluding hydrogens is 416 g/mol. The van der Waals surface area contributed by atoms with Gasteiger partial charge in [-0.25, -0.2) is 4.98 Å². The van der Waals surface area contributed by atoms with Crippen molar-refractivity contribution in [3.63, 3.8) is 0 Å². The van der Waals surface area contributed by atoms with E-state index in [2.05, 4.69) is 15.9 Å². The molecule has 3 aromatic rings. The average Bonchev–Trinajstić information content (AvgIpc) is 3.37. The molecule has 2 saturated heterocycles. The van der Waals surface area contributed by atoms with Crippen molar-refractivity contribution in [2.24, 2.45) is 5.92 Å². The Morgan fingerprint density at radius 2 is 1.70 bits per heavy atom. The molecule has 0 saturated carbocycles. The van der Waals surface area contributed by atoms with Gasteiger partial charge in [0.25, 0.3) is 5.56 Å². The molecule has 2 aliphatic rings. The topological polar surface area (TPSA) is 59.3 Å². The summed E-state index contributed by atoms with van der Waals surface area (Å²) in [5.74, 6) is 2.04. The van der Waals surface area contributed by atoms with Crippen molar-refractivity contribution >= 4 is 11.3 Å². The van der Waals surface area contributed by atoms with Gasteiger partial charge in [0.05, 0.1) is 25.6 Å². The molecule has 0 atom stereocenters. The number of nitrogens with zero attached hydrogens (tertiary/aromatic N) is 4. The molecule has 0 amide bonds. The van der Waals surface area contributed by atoms with Gasteiger partial charge in [-0.1, -0.05) is 0 Å². The van der Waals surface area contributed by atoms with Gasteiger partial charge >= 0.3 is 0 Å². The van der Waals surface area contributed by atoms with Crippen molar-refractivity contribution in [3.8, 4) is 22.8 Å². The third-order valence-corrected chi connectivity index (χ3v) is 7.02. The Bertz CT molecular complexity index is 1180. The zero-order valence-corrected chi connectivity index (χ0v) is 19.5. The molecular formula is C26H32N4O3. The van der Waals surface area contributed by atoms with E-state index in [4.69, 9.17) is 14.5 Å². The Hall–Kier alpha value is -3.06. The first-order valence-corrected chi connectivity index (χ1v) is 11.9. The number of likely N-dealkylation sites (tertiary alicyclic amines) is 1. The van der Waals surface area contributed by atoms with E-state index >= 15 is 0 Å². The molecule has 0 aliphatic carbocycles. The van der Waals surface area contributed by atoms with Crippen LogP contribution in [-0.4, -0.2) is 61.2 Å². The maximum atomic E-state index is 13.0. The third-order valence-electron chi connectivity index (χ3n) is 7.02. The van der Waals surface area contributed by atoms with Gasteiger partial charge in [0.1, 0.15) is 5.65 Å². The fourth-order valence-electron chi connectivity index (χ4n) is 5.13. The van der Waals surface area contributed by atoms with Crippen molar-refractivity contribution in [2.45, 2.75) is 25.7 Å². The van der Waals surface area contributed by atoms with Gasteiger partial charge in [0.2, 0.25) is 0 Å². The zero-order valence-electron chi connectivity index (χ0n) is 19.5. The minimum atomic E-state index is -0.0874. The fraction of sp³-hybridized carbons (Fsp3) is 0.462. The van der Waals surface area contributed by atoms with Crippen molar-refractivity contribution in [3.05, 3.63) is 52.9 Å². The van der Waals surface area contributed by atoms with Crippen LogP contribution in [0.4, 0.5) is 5.69 Å². The van der Waals surface area contributed by atoms with Crippen LogP contribution >= 0.6 is 0 Å². The van der Waals surface area contributed by atoms with Crippen LogP contribution in [0.5, 0.6) is 11.5 Å². The lowest BCUT2D eigenvalue weighted by molar-refractivity contribution is 0.249. The lowest BCUT2D eigenvalue weighted by Gasteiger charge is -2.35. The molecule has 0 bridgehead atoms. The molecule has 1 aromatic carbocycles. The van der Waals surface area contributed by atoms with E-state index in [1.54, 1.807) is 24.7 Å². The number of rotatable bonds is 6. The predicted octanol–water partition coefficient (Wildman–Crippen LogP) is 3.69. The Labute approximate surface area is 194 Å². The molecule has 0 spiro atoms. The molecule has 174 valence electrons. The Balaban J connectivity index is 1.34. The minimum Gasteiger partial charge on any atom is -0.493 e. The highest BCUT2D eigenvalue weighted by molar-refractivity contribution is 5.66. The number of ether oxygens (including phenoxy) is 2. The van der Waals surface area contributed by atoms with Crippen molar-refractivity contribution in [1.29, 1.82) is 0 Å². The highest BCUT2D eigenvalue weighted by atomic mass is 16.5. The number of pyridine rings is 1. The third kappa shape index (κ3) is 4.55. The molecule has 33 heavy (non-hydrogen) atoms. The lowest BCUT2D eigenvalue weighted by atomic mass is 9.96. The number of fused-ring (bicyclic) bond motifs is 1. The highest BCUT2D eigenvalue weighted by Crippen LogP contribution is 2.31. The summed E-state index contributed by atoms with van der Waals surface area (Å²) in [5, 5.41) is 0. The number of hydrogen-bond donors (Lipinski definition) is 0. The molecule has 4 heterocycles. The number of hydrogen-bond acceptors (Lipinski definition) is 6. The number of benzene rings is 1. The van der Waals surface area contributed by atoms with Crippen molar-refractivity contribution < 1.29 is 9.47 Å².